The van der Waals surface area contributed by atoms with E-state index in [1.54, 1.807) is 0 Å². The number of nitrogens with one attached hydrogen (secondary N) is 1. The Morgan fingerprint density at radius 2 is 2.22 bits per heavy atom. The molecule has 0 bridgehead atoms. The van der Waals surface area contributed by atoms with Gasteiger partial charge in [-0.3, -0.25) is 0 Å². The number of hydrogen-bond acceptors (Lipinski definition) is 2. The zero-order valence-corrected chi connectivity index (χ0v) is 6.54. The summed E-state index contributed by atoms with van der Waals surface area (Å²) in [5.74, 6) is 0. The van der Waals surface area contributed by atoms with E-state index in [-0.39, 0.29) is 12.4 Å². The SMILES string of the molecule is CCOCCCC=N.Cl. The van der Waals surface area contributed by atoms with Gasteiger partial charge in [-0.15, -0.1) is 12.4 Å². The molecule has 1 N–H and O–H groups in total. The quantitative estimate of drug-likeness (QED) is 0.473. The predicted octanol–water partition coefficient (Wildman–Crippen LogP) is 1.87. The maximum absolute atomic E-state index is 6.66. The van der Waals surface area contributed by atoms with Gasteiger partial charge in [-0.25, -0.2) is 0 Å². The molecule has 3 heteroatoms. The monoisotopic (exact) mass is 151 g/mol. The van der Waals surface area contributed by atoms with Crippen LogP contribution in [0.1, 0.15) is 19.8 Å². The molecule has 0 aliphatic carbocycles. The maximum Gasteiger partial charge on any atom is 0.0469 e. The Bertz CT molecular complexity index is 59.0. The van der Waals surface area contributed by atoms with Crippen molar-refractivity contribution < 1.29 is 4.74 Å². The number of ether oxygens (including phenoxy) is 1. The van der Waals surface area contributed by atoms with E-state index in [1.165, 1.54) is 6.21 Å². The van der Waals surface area contributed by atoms with Crippen molar-refractivity contribution in [2.45, 2.75) is 19.8 Å². The summed E-state index contributed by atoms with van der Waals surface area (Å²) in [6.45, 7) is 3.56. The third kappa shape index (κ3) is 11.5. The minimum atomic E-state index is 0. The third-order valence-corrected chi connectivity index (χ3v) is 0.841. The molecule has 0 saturated carbocycles. The van der Waals surface area contributed by atoms with Crippen molar-refractivity contribution in [1.82, 2.24) is 0 Å². The van der Waals surface area contributed by atoms with Crippen LogP contribution in [0.2, 0.25) is 0 Å². The first-order valence-electron chi connectivity index (χ1n) is 2.98. The molecule has 0 aliphatic heterocycles. The van der Waals surface area contributed by atoms with E-state index in [9.17, 15) is 0 Å². The van der Waals surface area contributed by atoms with Crippen LogP contribution in [-0.4, -0.2) is 19.4 Å². The van der Waals surface area contributed by atoms with E-state index >= 15 is 0 Å². The van der Waals surface area contributed by atoms with Gasteiger partial charge < -0.3 is 10.1 Å². The number of unbranched alkanes of at least 4 members (excludes halogenated alkanes) is 1. The van der Waals surface area contributed by atoms with Crippen LogP contribution >= 0.6 is 12.4 Å². The van der Waals surface area contributed by atoms with Gasteiger partial charge in [0.2, 0.25) is 0 Å². The summed E-state index contributed by atoms with van der Waals surface area (Å²) < 4.78 is 5.03. The summed E-state index contributed by atoms with van der Waals surface area (Å²) in [7, 11) is 0. The maximum atomic E-state index is 6.66. The number of halogens is 1. The molecule has 0 atom stereocenters. The molecule has 0 aromatic rings. The van der Waals surface area contributed by atoms with E-state index in [2.05, 4.69) is 0 Å². The van der Waals surface area contributed by atoms with E-state index in [1.807, 2.05) is 6.92 Å². The number of hydrogen-bond donors (Lipinski definition) is 1. The third-order valence-electron chi connectivity index (χ3n) is 0.841. The van der Waals surface area contributed by atoms with Crippen LogP contribution in [0.15, 0.2) is 0 Å². The molecule has 0 saturated heterocycles. The van der Waals surface area contributed by atoms with Crippen LogP contribution < -0.4 is 0 Å². The van der Waals surface area contributed by atoms with E-state index in [0.29, 0.717) is 0 Å². The molecule has 56 valence electrons. The van der Waals surface area contributed by atoms with Gasteiger partial charge in [0, 0.05) is 13.2 Å². The van der Waals surface area contributed by atoms with Crippen LogP contribution in [-0.2, 0) is 4.74 Å². The Kier molecular flexibility index (Phi) is 14.0. The first-order valence-corrected chi connectivity index (χ1v) is 2.98. The predicted molar refractivity (Wildman–Crippen MR) is 41.8 cm³/mol. The van der Waals surface area contributed by atoms with E-state index < -0.39 is 0 Å². The minimum absolute atomic E-state index is 0. The molecular formula is C6H14ClNO. The molecular weight excluding hydrogens is 138 g/mol. The second-order valence-electron chi connectivity index (χ2n) is 1.54. The normalized spacial score (nSPS) is 8.11. The fraction of sp³-hybridized carbons (Fsp3) is 0.833. The Balaban J connectivity index is 0. The molecule has 0 unspecified atom stereocenters. The lowest BCUT2D eigenvalue weighted by atomic mass is 10.3. The second-order valence-corrected chi connectivity index (χ2v) is 1.54. The van der Waals surface area contributed by atoms with Crippen molar-refractivity contribution >= 4 is 18.6 Å². The molecule has 0 spiro atoms. The lowest BCUT2D eigenvalue weighted by molar-refractivity contribution is 0.146. The van der Waals surface area contributed by atoms with Gasteiger partial charge in [0.05, 0.1) is 0 Å². The van der Waals surface area contributed by atoms with Crippen LogP contribution in [0.25, 0.3) is 0 Å². The average molecular weight is 152 g/mol. The molecule has 0 fully saturated rings. The number of rotatable bonds is 5. The summed E-state index contributed by atoms with van der Waals surface area (Å²) >= 11 is 0. The second kappa shape index (κ2) is 10.8. The van der Waals surface area contributed by atoms with E-state index in [0.717, 1.165) is 26.1 Å². The molecule has 9 heavy (non-hydrogen) atoms. The van der Waals surface area contributed by atoms with Crippen molar-refractivity contribution in [3.8, 4) is 0 Å². The summed E-state index contributed by atoms with van der Waals surface area (Å²) in [5, 5.41) is 6.66. The van der Waals surface area contributed by atoms with Gasteiger partial charge in [-0.2, -0.15) is 0 Å². The Hall–Kier alpha value is -0.0800. The Morgan fingerprint density at radius 3 is 2.67 bits per heavy atom. The molecule has 2 nitrogen and oxygen atoms in total. The largest absolute Gasteiger partial charge is 0.382 e. The molecule has 0 rings (SSSR count). The highest BCUT2D eigenvalue weighted by Crippen LogP contribution is 1.84. The summed E-state index contributed by atoms with van der Waals surface area (Å²) in [4.78, 5) is 0. The van der Waals surface area contributed by atoms with Crippen molar-refractivity contribution in [3.05, 3.63) is 0 Å². The Morgan fingerprint density at radius 1 is 1.56 bits per heavy atom. The van der Waals surface area contributed by atoms with E-state index in [4.69, 9.17) is 10.1 Å². The molecule has 0 aromatic carbocycles. The van der Waals surface area contributed by atoms with Gasteiger partial charge in [0.1, 0.15) is 0 Å². The summed E-state index contributed by atoms with van der Waals surface area (Å²) in [6, 6.07) is 0. The van der Waals surface area contributed by atoms with Gasteiger partial charge >= 0.3 is 0 Å². The lowest BCUT2D eigenvalue weighted by Crippen LogP contribution is -1.92. The average Bonchev–Trinajstić information content (AvgIpc) is 1.81. The molecule has 0 aromatic heterocycles. The van der Waals surface area contributed by atoms with Crippen molar-refractivity contribution in [1.29, 1.82) is 5.41 Å². The van der Waals surface area contributed by atoms with Crippen LogP contribution in [0.3, 0.4) is 0 Å². The van der Waals surface area contributed by atoms with Crippen LogP contribution in [0.5, 0.6) is 0 Å². The zero-order valence-electron chi connectivity index (χ0n) is 5.72. The first-order chi connectivity index (χ1) is 3.91. The standard InChI is InChI=1S/C6H13NO.ClH/c1-2-8-6-4-3-5-7;/h5,7H,2-4,6H2,1H3;1H. The summed E-state index contributed by atoms with van der Waals surface area (Å²) in [5.41, 5.74) is 0. The van der Waals surface area contributed by atoms with Gasteiger partial charge in [-0.05, 0) is 26.0 Å². The zero-order chi connectivity index (χ0) is 6.24. The van der Waals surface area contributed by atoms with Crippen LogP contribution in [0, 0.1) is 5.41 Å². The lowest BCUT2D eigenvalue weighted by Gasteiger charge is -1.95. The van der Waals surface area contributed by atoms with Gasteiger partial charge in [0.25, 0.3) is 0 Å². The molecule has 0 heterocycles. The summed E-state index contributed by atoms with van der Waals surface area (Å²) in [6.07, 6.45) is 3.25. The highest BCUT2D eigenvalue weighted by atomic mass is 35.5. The molecule has 0 aliphatic rings. The Labute approximate surface area is 62.5 Å². The fourth-order valence-electron chi connectivity index (χ4n) is 0.432. The van der Waals surface area contributed by atoms with Crippen molar-refractivity contribution in [2.24, 2.45) is 0 Å². The smallest absolute Gasteiger partial charge is 0.0469 e. The highest BCUT2D eigenvalue weighted by molar-refractivity contribution is 5.85. The first kappa shape index (κ1) is 11.7. The van der Waals surface area contributed by atoms with Gasteiger partial charge in [-0.1, -0.05) is 0 Å². The highest BCUT2D eigenvalue weighted by Gasteiger charge is 1.81. The fourth-order valence-corrected chi connectivity index (χ4v) is 0.432. The van der Waals surface area contributed by atoms with Crippen LogP contribution in [0.4, 0.5) is 0 Å². The minimum Gasteiger partial charge on any atom is -0.382 e. The molecule has 0 radical (unpaired) electrons. The molecule has 0 amide bonds. The van der Waals surface area contributed by atoms with Gasteiger partial charge in [0.15, 0.2) is 0 Å². The van der Waals surface area contributed by atoms with Crippen molar-refractivity contribution in [2.75, 3.05) is 13.2 Å². The topological polar surface area (TPSA) is 33.1 Å². The van der Waals surface area contributed by atoms with Crippen molar-refractivity contribution in [3.63, 3.8) is 0 Å².